The van der Waals surface area contributed by atoms with Crippen molar-refractivity contribution in [1.82, 2.24) is 19.5 Å². The second kappa shape index (κ2) is 6.26. The molecule has 10 nitrogen and oxygen atoms in total. The van der Waals surface area contributed by atoms with Gasteiger partial charge in [-0.1, -0.05) is 0 Å². The summed E-state index contributed by atoms with van der Waals surface area (Å²) in [5.41, 5.74) is 7.63. The van der Waals surface area contributed by atoms with Gasteiger partial charge in [0.25, 0.3) is 0 Å². The minimum Gasteiger partial charge on any atom is -0.386 e. The minimum atomic E-state index is -3.39. The van der Waals surface area contributed by atoms with E-state index in [1.54, 1.807) is 4.57 Å². The normalized spacial score (nSPS) is 33.4. The monoisotopic (exact) mass is 427 g/mol. The van der Waals surface area contributed by atoms with Gasteiger partial charge >= 0.3 is 6.72 Å². The molecule has 0 aromatic carbocycles. The average molecular weight is 427 g/mol. The number of nitrogens with zero attached hydrogens (tertiary/aromatic N) is 4. The molecule has 4 N–H and O–H groups in total. The summed E-state index contributed by atoms with van der Waals surface area (Å²) < 4.78 is 18.2. The van der Waals surface area contributed by atoms with Crippen LogP contribution in [0.1, 0.15) is 6.23 Å². The molecule has 5 atom stereocenters. The summed E-state index contributed by atoms with van der Waals surface area (Å²) in [5.74, 6) is 0.760. The van der Waals surface area contributed by atoms with Gasteiger partial charge < -0.3 is 25.0 Å². The quantitative estimate of drug-likeness (QED) is 0.508. The lowest BCUT2D eigenvalue weighted by molar-refractivity contribution is -0.0587. The van der Waals surface area contributed by atoms with Crippen molar-refractivity contribution in [3.63, 3.8) is 0 Å². The van der Waals surface area contributed by atoms with Gasteiger partial charge in [-0.15, -0.1) is 0 Å². The fourth-order valence-electron chi connectivity index (χ4n) is 3.31. The predicted octanol–water partition coefficient (Wildman–Crippen LogP) is 1.03. The molecule has 5 heterocycles. The van der Waals surface area contributed by atoms with E-state index in [1.165, 1.54) is 17.7 Å². The first kappa shape index (κ1) is 17.6. The van der Waals surface area contributed by atoms with Crippen LogP contribution in [-0.2, 0) is 25.6 Å². The zero-order valence-electron chi connectivity index (χ0n) is 13.6. The molecule has 2 aliphatic rings. The molecular formula is C14H14N5O5PS2. The molecule has 2 saturated heterocycles. The number of nitrogen functional groups attached to an aromatic ring is 1. The first-order valence-corrected chi connectivity index (χ1v) is 11.5. The van der Waals surface area contributed by atoms with Gasteiger partial charge in [-0.3, -0.25) is 9.09 Å². The summed E-state index contributed by atoms with van der Waals surface area (Å²) >= 11 is 6.41. The summed E-state index contributed by atoms with van der Waals surface area (Å²) in [6.45, 7) is -3.36. The second-order valence-electron chi connectivity index (χ2n) is 6.14. The van der Waals surface area contributed by atoms with Gasteiger partial charge in [0.2, 0.25) is 0 Å². The van der Waals surface area contributed by atoms with Gasteiger partial charge in [0.15, 0.2) is 23.2 Å². The number of aliphatic hydroxyl groups excluding tert-OH is 1. The average Bonchev–Trinajstić information content (AvgIpc) is 3.33. The van der Waals surface area contributed by atoms with Crippen LogP contribution in [0.25, 0.3) is 22.6 Å². The van der Waals surface area contributed by atoms with Gasteiger partial charge in [0.1, 0.15) is 30.5 Å². The van der Waals surface area contributed by atoms with E-state index in [0.717, 1.165) is 5.56 Å². The van der Waals surface area contributed by atoms with Crippen LogP contribution in [0.2, 0.25) is 0 Å². The van der Waals surface area contributed by atoms with Crippen LogP contribution in [-0.4, -0.2) is 54.4 Å². The van der Waals surface area contributed by atoms with Crippen LogP contribution in [0.5, 0.6) is 0 Å². The molecule has 0 saturated carbocycles. The maximum atomic E-state index is 10.9. The number of rotatable bonds is 2. The number of aromatic nitrogens is 4. The lowest BCUT2D eigenvalue weighted by Gasteiger charge is -2.30. The van der Waals surface area contributed by atoms with Crippen molar-refractivity contribution in [2.45, 2.75) is 24.5 Å². The van der Waals surface area contributed by atoms with Crippen molar-refractivity contribution in [3.8, 4) is 11.4 Å². The Morgan fingerprint density at radius 1 is 1.41 bits per heavy atom. The third-order valence-electron chi connectivity index (χ3n) is 4.51. The molecule has 3 aromatic rings. The Morgan fingerprint density at radius 3 is 3.04 bits per heavy atom. The first-order valence-electron chi connectivity index (χ1n) is 7.95. The number of imidazole rings is 1. The Hall–Kier alpha value is -1.50. The largest absolute Gasteiger partial charge is 0.386 e. The number of anilines is 1. The maximum Gasteiger partial charge on any atom is 0.325 e. The Kier molecular flexibility index (Phi) is 4.08. The van der Waals surface area contributed by atoms with E-state index in [0.29, 0.717) is 17.0 Å². The molecule has 2 fully saturated rings. The van der Waals surface area contributed by atoms with Gasteiger partial charge in [-0.2, -0.15) is 11.3 Å². The highest BCUT2D eigenvalue weighted by atomic mass is 32.5. The number of nitrogens with two attached hydrogens (primary N) is 1. The third-order valence-corrected chi connectivity index (χ3v) is 6.75. The Morgan fingerprint density at radius 2 is 2.26 bits per heavy atom. The molecule has 0 radical (unpaired) electrons. The molecule has 5 unspecified atom stereocenters. The van der Waals surface area contributed by atoms with Crippen LogP contribution in [0.4, 0.5) is 5.82 Å². The molecule has 2 aliphatic heterocycles. The number of hydrogen-bond donors (Lipinski definition) is 3. The number of thiophene rings is 1. The summed E-state index contributed by atoms with van der Waals surface area (Å²) in [6, 6.07) is 1.90. The molecule has 0 amide bonds. The second-order valence-corrected chi connectivity index (χ2v) is 9.71. The van der Waals surface area contributed by atoms with E-state index >= 15 is 0 Å². The lowest BCUT2D eigenvalue weighted by atomic mass is 10.1. The van der Waals surface area contributed by atoms with Gasteiger partial charge in [0, 0.05) is 10.9 Å². The fourth-order valence-corrected chi connectivity index (χ4v) is 5.39. The lowest BCUT2D eigenvalue weighted by Crippen LogP contribution is -2.39. The molecule has 13 heteroatoms. The van der Waals surface area contributed by atoms with Crippen LogP contribution >= 0.6 is 18.1 Å². The fraction of sp³-hybridized carbons (Fsp3) is 0.357. The Balaban J connectivity index is 1.66. The van der Waals surface area contributed by atoms with Gasteiger partial charge in [-0.05, 0) is 23.3 Å². The molecule has 5 rings (SSSR count). The molecular weight excluding hydrogens is 413 g/mol. The highest BCUT2D eigenvalue weighted by Gasteiger charge is 2.51. The Bertz CT molecular complexity index is 1060. The number of ether oxygens (including phenoxy) is 1. The van der Waals surface area contributed by atoms with Gasteiger partial charge in [-0.25, -0.2) is 15.0 Å². The van der Waals surface area contributed by atoms with Crippen LogP contribution in [0.3, 0.4) is 0 Å². The molecule has 0 bridgehead atoms. The molecule has 0 spiro atoms. The van der Waals surface area contributed by atoms with E-state index < -0.39 is 31.3 Å². The van der Waals surface area contributed by atoms with E-state index in [-0.39, 0.29) is 12.4 Å². The van der Waals surface area contributed by atoms with E-state index in [1.807, 2.05) is 16.8 Å². The molecule has 142 valence electrons. The van der Waals surface area contributed by atoms with E-state index in [9.17, 15) is 10.00 Å². The SMILES string of the molecule is Nc1ncnc2c1nc(-c1ccsc1)n2C1OC2COP(O)(=S)OC2C1O. The van der Waals surface area contributed by atoms with Crippen molar-refractivity contribution in [2.24, 2.45) is 0 Å². The zero-order chi connectivity index (χ0) is 18.8. The first-order chi connectivity index (χ1) is 12.9. The predicted molar refractivity (Wildman–Crippen MR) is 100 cm³/mol. The number of aliphatic hydroxyl groups is 1. The van der Waals surface area contributed by atoms with Crippen molar-refractivity contribution >= 4 is 46.8 Å². The smallest absolute Gasteiger partial charge is 0.325 e. The highest BCUT2D eigenvalue weighted by molar-refractivity contribution is 8.07. The van der Waals surface area contributed by atoms with Crippen LogP contribution < -0.4 is 5.73 Å². The van der Waals surface area contributed by atoms with Crippen molar-refractivity contribution in [3.05, 3.63) is 23.2 Å². The summed E-state index contributed by atoms with van der Waals surface area (Å²) in [4.78, 5) is 22.8. The summed E-state index contributed by atoms with van der Waals surface area (Å²) in [5, 5.41) is 14.7. The number of fused-ring (bicyclic) bond motifs is 2. The molecule has 27 heavy (non-hydrogen) atoms. The standard InChI is InChI=1S/C14H14N5O5PS2/c15-11-8-13(17-5-16-11)19(12(18-8)6-1-2-27-4-6)14-9(20)10-7(23-14)3-22-25(21,26)24-10/h1-2,4-5,7,9-10,14,20H,3H2,(H,21,26)(H2,15,16,17). The van der Waals surface area contributed by atoms with Crippen molar-refractivity contribution in [2.75, 3.05) is 12.3 Å². The van der Waals surface area contributed by atoms with E-state index in [4.69, 9.17) is 31.3 Å². The topological polar surface area (TPSA) is 138 Å². The summed E-state index contributed by atoms with van der Waals surface area (Å²) in [6.07, 6.45) is -2.05. The minimum absolute atomic E-state index is 0.0313. The van der Waals surface area contributed by atoms with Crippen molar-refractivity contribution in [1.29, 1.82) is 0 Å². The van der Waals surface area contributed by atoms with Gasteiger partial charge in [0.05, 0.1) is 6.61 Å². The summed E-state index contributed by atoms with van der Waals surface area (Å²) in [7, 11) is 0. The van der Waals surface area contributed by atoms with Crippen LogP contribution in [0, 0.1) is 0 Å². The van der Waals surface area contributed by atoms with Crippen LogP contribution in [0.15, 0.2) is 23.2 Å². The number of hydrogen-bond acceptors (Lipinski definition) is 10. The Labute approximate surface area is 161 Å². The van der Waals surface area contributed by atoms with E-state index in [2.05, 4.69) is 15.0 Å². The molecule has 3 aromatic heterocycles. The highest BCUT2D eigenvalue weighted by Crippen LogP contribution is 2.53. The maximum absolute atomic E-state index is 10.9. The zero-order valence-corrected chi connectivity index (χ0v) is 16.1. The molecule has 0 aliphatic carbocycles. The third kappa shape index (κ3) is 2.80. The van der Waals surface area contributed by atoms with Crippen molar-refractivity contribution < 1.29 is 23.8 Å².